The van der Waals surface area contributed by atoms with Crippen molar-refractivity contribution in [1.82, 2.24) is 25.5 Å². The maximum Gasteiger partial charge on any atom is 0.224 e. The number of nitrogen functional groups attached to an aromatic ring is 1. The molecule has 0 radical (unpaired) electrons. The van der Waals surface area contributed by atoms with Crippen LogP contribution in [0.15, 0.2) is 133 Å². The Bertz CT molecular complexity index is 2250. The molecular formula is C44H45N7O5S. The Labute approximate surface area is 335 Å². The van der Waals surface area contributed by atoms with Crippen molar-refractivity contribution in [3.63, 3.8) is 0 Å². The Morgan fingerprint density at radius 2 is 1.53 bits per heavy atom. The third-order valence-corrected chi connectivity index (χ3v) is 10.7. The summed E-state index contributed by atoms with van der Waals surface area (Å²) in [5, 5.41) is 28.5. The first-order valence-corrected chi connectivity index (χ1v) is 20.0. The van der Waals surface area contributed by atoms with Crippen LogP contribution in [-0.2, 0) is 32.2 Å². The zero-order valence-corrected chi connectivity index (χ0v) is 32.2. The van der Waals surface area contributed by atoms with Gasteiger partial charge in [0.05, 0.1) is 35.9 Å². The number of thioether (sulfide) groups is 1. The van der Waals surface area contributed by atoms with E-state index in [4.69, 9.17) is 15.2 Å². The fourth-order valence-corrected chi connectivity index (χ4v) is 7.51. The molecule has 1 aromatic heterocycles. The summed E-state index contributed by atoms with van der Waals surface area (Å²) in [6.45, 7) is 0.361. The fourth-order valence-electron chi connectivity index (χ4n) is 6.60. The smallest absolute Gasteiger partial charge is 0.224 e. The van der Waals surface area contributed by atoms with Crippen molar-refractivity contribution in [2.24, 2.45) is 0 Å². The van der Waals surface area contributed by atoms with E-state index in [0.717, 1.165) is 39.1 Å². The molecule has 1 fully saturated rings. The molecular weight excluding hydrogens is 739 g/mol. The highest BCUT2D eigenvalue weighted by Gasteiger charge is 2.33. The average molecular weight is 784 g/mol. The molecule has 57 heavy (non-hydrogen) atoms. The maximum absolute atomic E-state index is 12.7. The molecule has 1 aliphatic heterocycles. The van der Waals surface area contributed by atoms with E-state index in [1.165, 1.54) is 11.8 Å². The van der Waals surface area contributed by atoms with Crippen LogP contribution >= 0.6 is 11.8 Å². The number of nitrogens with zero attached hydrogens (tertiary/aromatic N) is 4. The van der Waals surface area contributed by atoms with Gasteiger partial charge in [0.25, 0.3) is 0 Å². The number of aliphatic hydroxyl groups is 1. The Morgan fingerprint density at radius 1 is 0.789 bits per heavy atom. The highest BCUT2D eigenvalue weighted by Crippen LogP contribution is 2.40. The average Bonchev–Trinajstić information content (AvgIpc) is 3.74. The highest BCUT2D eigenvalue weighted by atomic mass is 32.2. The molecule has 292 valence electrons. The standard InChI is InChI=1S/C44H45N7O5S/c45-38-16-4-5-17-39(38)47-42(54)19-7-6-18-41(53)46-27-31-10-8-11-33(24-31)34-12-9-13-35(25-34)43-55-37(26-40(56-43)32-22-20-30(28-52)21-23-32)29-57-44-48-49-50-51(44)36-14-2-1-3-15-36/h1-5,8-17,20-25,37,40,43,52H,6-7,18-19,26-29,45H2,(H,46,53)(H,47,54)/t37-,40+,43+/m1/s1. The van der Waals surface area contributed by atoms with E-state index in [0.29, 0.717) is 60.9 Å². The molecule has 0 aliphatic carbocycles. The lowest BCUT2D eigenvalue weighted by molar-refractivity contribution is -0.245. The van der Waals surface area contributed by atoms with Crippen LogP contribution in [0, 0.1) is 0 Å². The first kappa shape index (κ1) is 39.4. The summed E-state index contributed by atoms with van der Waals surface area (Å²) in [5.41, 5.74) is 13.6. The van der Waals surface area contributed by atoms with E-state index in [1.54, 1.807) is 16.8 Å². The van der Waals surface area contributed by atoms with Gasteiger partial charge in [-0.15, -0.1) is 5.10 Å². The molecule has 13 heteroatoms. The van der Waals surface area contributed by atoms with Gasteiger partial charge in [-0.05, 0) is 87.5 Å². The number of aliphatic hydroxyl groups excluding tert-OH is 1. The largest absolute Gasteiger partial charge is 0.397 e. The molecule has 6 aromatic rings. The van der Waals surface area contributed by atoms with E-state index >= 15 is 0 Å². The van der Waals surface area contributed by atoms with Crippen LogP contribution in [0.1, 0.15) is 66.8 Å². The lowest BCUT2D eigenvalue weighted by Gasteiger charge is -2.36. The van der Waals surface area contributed by atoms with Crippen LogP contribution in [-0.4, -0.2) is 49.0 Å². The van der Waals surface area contributed by atoms with Gasteiger partial charge >= 0.3 is 0 Å². The summed E-state index contributed by atoms with van der Waals surface area (Å²) in [7, 11) is 0. The molecule has 2 heterocycles. The van der Waals surface area contributed by atoms with Gasteiger partial charge in [0.2, 0.25) is 17.0 Å². The number of nitrogens with one attached hydrogen (secondary N) is 2. The molecule has 1 aliphatic rings. The first-order valence-electron chi connectivity index (χ1n) is 19.0. The Kier molecular flexibility index (Phi) is 13.4. The number of rotatable bonds is 16. The molecule has 7 rings (SSSR count). The summed E-state index contributed by atoms with van der Waals surface area (Å²) < 4.78 is 15.0. The van der Waals surface area contributed by atoms with Gasteiger partial charge in [-0.2, -0.15) is 4.68 Å². The minimum Gasteiger partial charge on any atom is -0.397 e. The zero-order chi connectivity index (χ0) is 39.4. The number of para-hydroxylation sites is 3. The monoisotopic (exact) mass is 783 g/mol. The third-order valence-electron chi connectivity index (χ3n) is 9.66. The SMILES string of the molecule is Nc1ccccc1NC(=O)CCCCC(=O)NCc1cccc(-c2cccc([C@H]3O[C@@H](CSc4nnnn4-c4ccccc4)C[C@@H](c4ccc(CO)cc4)O3)c2)c1. The fraction of sp³-hybridized carbons (Fsp3) is 0.250. The second-order valence-electron chi connectivity index (χ2n) is 13.8. The van der Waals surface area contributed by atoms with E-state index < -0.39 is 6.29 Å². The van der Waals surface area contributed by atoms with Crippen molar-refractivity contribution < 1.29 is 24.2 Å². The summed E-state index contributed by atoms with van der Waals surface area (Å²) in [5.74, 6) is 0.415. The Balaban J connectivity index is 0.973. The minimum absolute atomic E-state index is 0.0265. The van der Waals surface area contributed by atoms with E-state index in [2.05, 4.69) is 38.3 Å². The number of carbonyl (C=O) groups excluding carboxylic acids is 2. The van der Waals surface area contributed by atoms with E-state index in [1.807, 2.05) is 103 Å². The number of unbranched alkanes of at least 4 members (excludes halogenated alkanes) is 1. The van der Waals surface area contributed by atoms with Crippen molar-refractivity contribution in [3.8, 4) is 16.8 Å². The van der Waals surface area contributed by atoms with Gasteiger partial charge in [0, 0.05) is 37.1 Å². The quantitative estimate of drug-likeness (QED) is 0.0437. The second kappa shape index (κ2) is 19.3. The van der Waals surface area contributed by atoms with Gasteiger partial charge in [-0.3, -0.25) is 9.59 Å². The minimum atomic E-state index is -0.637. The van der Waals surface area contributed by atoms with Crippen LogP contribution in [0.3, 0.4) is 0 Å². The number of hydrogen-bond acceptors (Lipinski definition) is 10. The summed E-state index contributed by atoms with van der Waals surface area (Å²) in [4.78, 5) is 25.0. The highest BCUT2D eigenvalue weighted by molar-refractivity contribution is 7.99. The number of aromatic nitrogens is 4. The topological polar surface area (TPSA) is 167 Å². The van der Waals surface area contributed by atoms with Crippen LogP contribution in [0.4, 0.5) is 11.4 Å². The normalized spacial score (nSPS) is 16.5. The lowest BCUT2D eigenvalue weighted by atomic mass is 9.99. The van der Waals surface area contributed by atoms with Gasteiger partial charge in [-0.1, -0.05) is 103 Å². The number of hydrogen-bond donors (Lipinski definition) is 4. The van der Waals surface area contributed by atoms with Gasteiger partial charge < -0.3 is 30.9 Å². The number of anilines is 2. The van der Waals surface area contributed by atoms with Crippen molar-refractivity contribution >= 4 is 35.0 Å². The first-order chi connectivity index (χ1) is 27.9. The second-order valence-corrected chi connectivity index (χ2v) is 14.8. The molecule has 0 unspecified atom stereocenters. The van der Waals surface area contributed by atoms with Crippen molar-refractivity contribution in [3.05, 3.63) is 150 Å². The Hall–Kier alpha value is -5.86. The molecule has 1 saturated heterocycles. The van der Waals surface area contributed by atoms with E-state index in [-0.39, 0.29) is 30.6 Å². The lowest BCUT2D eigenvalue weighted by Crippen LogP contribution is -2.31. The summed E-state index contributed by atoms with van der Waals surface area (Å²) in [6.07, 6.45) is 1.41. The molecule has 0 spiro atoms. The van der Waals surface area contributed by atoms with Gasteiger partial charge in [0.15, 0.2) is 6.29 Å². The van der Waals surface area contributed by atoms with Crippen LogP contribution in [0.5, 0.6) is 0 Å². The van der Waals surface area contributed by atoms with Crippen LogP contribution in [0.2, 0.25) is 0 Å². The maximum atomic E-state index is 12.7. The number of tetrazole rings is 1. The summed E-state index contributed by atoms with van der Waals surface area (Å²) in [6, 6.07) is 41.0. The van der Waals surface area contributed by atoms with Crippen molar-refractivity contribution in [1.29, 1.82) is 0 Å². The molecule has 5 N–H and O–H groups in total. The van der Waals surface area contributed by atoms with Crippen molar-refractivity contribution in [2.75, 3.05) is 16.8 Å². The van der Waals surface area contributed by atoms with Gasteiger partial charge in [0.1, 0.15) is 0 Å². The van der Waals surface area contributed by atoms with Crippen molar-refractivity contribution in [2.45, 2.75) is 68.9 Å². The number of ether oxygens (including phenoxy) is 2. The molecule has 2 amide bonds. The van der Waals surface area contributed by atoms with Crippen LogP contribution in [0.25, 0.3) is 16.8 Å². The third kappa shape index (κ3) is 10.7. The summed E-state index contributed by atoms with van der Waals surface area (Å²) >= 11 is 1.53. The molecule has 0 saturated carbocycles. The molecule has 3 atom stereocenters. The number of benzene rings is 5. The predicted molar refractivity (Wildman–Crippen MR) is 220 cm³/mol. The number of nitrogens with two attached hydrogens (primary N) is 1. The van der Waals surface area contributed by atoms with Gasteiger partial charge in [-0.25, -0.2) is 0 Å². The van der Waals surface area contributed by atoms with Crippen LogP contribution < -0.4 is 16.4 Å². The number of carbonyl (C=O) groups is 2. The molecule has 5 aromatic carbocycles. The Morgan fingerprint density at radius 3 is 2.32 bits per heavy atom. The molecule has 12 nitrogen and oxygen atoms in total. The number of amides is 2. The zero-order valence-electron chi connectivity index (χ0n) is 31.4. The molecule has 0 bridgehead atoms. The van der Waals surface area contributed by atoms with E-state index in [9.17, 15) is 14.7 Å². The predicted octanol–water partition coefficient (Wildman–Crippen LogP) is 7.56.